The summed E-state index contributed by atoms with van der Waals surface area (Å²) in [6.45, 7) is 1.82. The van der Waals surface area contributed by atoms with Gasteiger partial charge in [0.05, 0.1) is 12.8 Å². The van der Waals surface area contributed by atoms with Gasteiger partial charge in [0.1, 0.15) is 0 Å². The molecular weight excluding hydrogens is 168 g/mol. The van der Waals surface area contributed by atoms with Crippen molar-refractivity contribution in [3.05, 3.63) is 17.7 Å². The molecule has 0 aliphatic heterocycles. The van der Waals surface area contributed by atoms with Crippen molar-refractivity contribution >= 4 is 5.69 Å². The highest BCUT2D eigenvalue weighted by Crippen LogP contribution is 2.31. The van der Waals surface area contributed by atoms with E-state index < -0.39 is 0 Å². The average molecular weight is 178 g/mol. The van der Waals surface area contributed by atoms with Gasteiger partial charge >= 0.3 is 0 Å². The molecule has 0 atom stereocenters. The average Bonchev–Trinajstić information content (AvgIpc) is 2.11. The molecule has 1 aromatic rings. The molecule has 0 bridgehead atoms. The van der Waals surface area contributed by atoms with Crippen LogP contribution < -0.4 is 10.1 Å². The van der Waals surface area contributed by atoms with Crippen molar-refractivity contribution in [3.8, 4) is 17.7 Å². The molecule has 1 aromatic carbocycles. The van der Waals surface area contributed by atoms with Crippen molar-refractivity contribution in [1.82, 2.24) is 0 Å². The first-order valence-corrected chi connectivity index (χ1v) is 3.71. The minimum atomic E-state index is 0.0193. The van der Waals surface area contributed by atoms with Crippen molar-refractivity contribution in [3.63, 3.8) is 0 Å². The lowest BCUT2D eigenvalue weighted by Gasteiger charge is -2.07. The molecule has 13 heavy (non-hydrogen) atoms. The Morgan fingerprint density at radius 2 is 2.23 bits per heavy atom. The third-order valence-electron chi connectivity index (χ3n) is 1.72. The molecule has 0 spiro atoms. The number of nitrogens with zero attached hydrogens (tertiary/aromatic N) is 1. The Bertz CT molecular complexity index is 355. The Labute approximate surface area is 76.4 Å². The zero-order chi connectivity index (χ0) is 9.84. The normalized spacial score (nSPS) is 9.00. The van der Waals surface area contributed by atoms with Gasteiger partial charge in [0.25, 0.3) is 0 Å². The van der Waals surface area contributed by atoms with E-state index in [1.54, 1.807) is 12.3 Å². The van der Waals surface area contributed by atoms with Crippen molar-refractivity contribution in [2.24, 2.45) is 0 Å². The molecule has 0 saturated carbocycles. The molecule has 68 valence electrons. The summed E-state index contributed by atoms with van der Waals surface area (Å²) in [6, 6.07) is 3.12. The number of aryl methyl sites for hydroxylation is 1. The van der Waals surface area contributed by atoms with Gasteiger partial charge in [-0.2, -0.15) is 5.26 Å². The molecule has 0 heterocycles. The summed E-state index contributed by atoms with van der Waals surface area (Å²) in [5, 5.41) is 20.2. The summed E-state index contributed by atoms with van der Waals surface area (Å²) in [5.41, 5.74) is 1.43. The maximum atomic E-state index is 9.37. The maximum absolute atomic E-state index is 9.37. The van der Waals surface area contributed by atoms with Gasteiger partial charge in [0.15, 0.2) is 17.7 Å². The molecule has 0 aromatic heterocycles. The zero-order valence-electron chi connectivity index (χ0n) is 7.46. The predicted molar refractivity (Wildman–Crippen MR) is 48.6 cm³/mol. The molecule has 0 amide bonds. The van der Waals surface area contributed by atoms with Gasteiger partial charge in [0.2, 0.25) is 0 Å². The van der Waals surface area contributed by atoms with E-state index in [1.165, 1.54) is 13.2 Å². The lowest BCUT2D eigenvalue weighted by Crippen LogP contribution is -1.92. The van der Waals surface area contributed by atoms with Crippen molar-refractivity contribution in [2.75, 3.05) is 12.4 Å². The minimum absolute atomic E-state index is 0.0193. The van der Waals surface area contributed by atoms with Gasteiger partial charge in [-0.1, -0.05) is 0 Å². The summed E-state index contributed by atoms with van der Waals surface area (Å²) < 4.78 is 4.90. The van der Waals surface area contributed by atoms with E-state index in [-0.39, 0.29) is 5.75 Å². The molecule has 0 radical (unpaired) electrons. The Hall–Kier alpha value is -1.89. The monoisotopic (exact) mass is 178 g/mol. The first-order valence-electron chi connectivity index (χ1n) is 3.71. The number of aromatic hydroxyl groups is 1. The van der Waals surface area contributed by atoms with Crippen molar-refractivity contribution in [2.45, 2.75) is 6.92 Å². The molecule has 0 unspecified atom stereocenters. The highest BCUT2D eigenvalue weighted by atomic mass is 16.5. The number of nitrogens with one attached hydrogen (secondary N) is 1. The minimum Gasteiger partial charge on any atom is -0.504 e. The van der Waals surface area contributed by atoms with E-state index in [2.05, 4.69) is 5.32 Å². The Balaban J connectivity index is 3.14. The number of benzene rings is 1. The first-order chi connectivity index (χ1) is 6.19. The van der Waals surface area contributed by atoms with Gasteiger partial charge in [-0.05, 0) is 18.6 Å². The van der Waals surface area contributed by atoms with Crippen LogP contribution in [0.25, 0.3) is 0 Å². The van der Waals surface area contributed by atoms with Crippen LogP contribution in [0.15, 0.2) is 12.1 Å². The smallest absolute Gasteiger partial charge is 0.181 e. The number of hydrogen-bond donors (Lipinski definition) is 2. The van der Waals surface area contributed by atoms with Crippen LogP contribution in [-0.4, -0.2) is 12.2 Å². The third-order valence-corrected chi connectivity index (χ3v) is 1.72. The molecule has 0 aliphatic carbocycles. The zero-order valence-corrected chi connectivity index (χ0v) is 7.46. The molecule has 1 rings (SSSR count). The van der Waals surface area contributed by atoms with Crippen LogP contribution in [0, 0.1) is 18.4 Å². The second kappa shape index (κ2) is 3.68. The molecule has 0 fully saturated rings. The topological polar surface area (TPSA) is 65.3 Å². The van der Waals surface area contributed by atoms with Gasteiger partial charge < -0.3 is 9.84 Å². The van der Waals surface area contributed by atoms with Crippen LogP contribution in [-0.2, 0) is 0 Å². The second-order valence-corrected chi connectivity index (χ2v) is 2.58. The van der Waals surface area contributed by atoms with E-state index in [9.17, 15) is 5.11 Å². The third kappa shape index (κ3) is 1.82. The first kappa shape index (κ1) is 9.20. The number of phenolic OH excluding ortho intramolecular Hbond substituents is 1. The molecule has 4 nitrogen and oxygen atoms in total. The van der Waals surface area contributed by atoms with Crippen LogP contribution in [0.5, 0.6) is 11.5 Å². The summed E-state index contributed by atoms with van der Waals surface area (Å²) >= 11 is 0. The Morgan fingerprint density at radius 1 is 1.54 bits per heavy atom. The summed E-state index contributed by atoms with van der Waals surface area (Å²) in [6.07, 6.45) is 1.79. The predicted octanol–water partition coefficient (Wildman–Crippen LogP) is 1.60. The lowest BCUT2D eigenvalue weighted by atomic mass is 10.2. The fourth-order valence-electron chi connectivity index (χ4n) is 1.03. The van der Waals surface area contributed by atoms with Crippen LogP contribution in [0.1, 0.15) is 5.56 Å². The van der Waals surface area contributed by atoms with Gasteiger partial charge in [-0.3, -0.25) is 5.32 Å². The van der Waals surface area contributed by atoms with Crippen LogP contribution in [0.4, 0.5) is 5.69 Å². The van der Waals surface area contributed by atoms with E-state index >= 15 is 0 Å². The number of phenols is 1. The maximum Gasteiger partial charge on any atom is 0.181 e. The van der Waals surface area contributed by atoms with Crippen molar-refractivity contribution in [1.29, 1.82) is 5.26 Å². The number of methoxy groups -OCH3 is 1. The quantitative estimate of drug-likeness (QED) is 0.533. The van der Waals surface area contributed by atoms with Crippen LogP contribution in [0.3, 0.4) is 0 Å². The van der Waals surface area contributed by atoms with Gasteiger partial charge in [0, 0.05) is 6.07 Å². The highest BCUT2D eigenvalue weighted by Gasteiger charge is 2.05. The largest absolute Gasteiger partial charge is 0.504 e. The SMILES string of the molecule is COc1cc(C)c(NC#N)cc1O. The molecule has 4 heteroatoms. The van der Waals surface area contributed by atoms with E-state index in [4.69, 9.17) is 10.00 Å². The Kier molecular flexibility index (Phi) is 2.60. The summed E-state index contributed by atoms with van der Waals surface area (Å²) in [4.78, 5) is 0. The van der Waals surface area contributed by atoms with Gasteiger partial charge in [-0.15, -0.1) is 0 Å². The molecule has 2 N–H and O–H groups in total. The standard InChI is InChI=1S/C9H10N2O2/c1-6-3-9(13-2)8(12)4-7(6)11-5-10/h3-4,11-12H,1-2H3. The van der Waals surface area contributed by atoms with Crippen LogP contribution >= 0.6 is 0 Å². The number of ether oxygens (including phenoxy) is 1. The number of anilines is 1. The molecule has 0 saturated heterocycles. The number of nitriles is 1. The van der Waals surface area contributed by atoms with Crippen LogP contribution in [0.2, 0.25) is 0 Å². The van der Waals surface area contributed by atoms with Crippen molar-refractivity contribution < 1.29 is 9.84 Å². The molecular formula is C9H10N2O2. The number of hydrogen-bond acceptors (Lipinski definition) is 4. The highest BCUT2D eigenvalue weighted by molar-refractivity contribution is 5.61. The number of rotatable bonds is 2. The van der Waals surface area contributed by atoms with Gasteiger partial charge in [-0.25, -0.2) is 0 Å². The lowest BCUT2D eigenvalue weighted by molar-refractivity contribution is 0.373. The summed E-state index contributed by atoms with van der Waals surface area (Å²) in [5.74, 6) is 0.423. The Morgan fingerprint density at radius 3 is 2.77 bits per heavy atom. The van der Waals surface area contributed by atoms with E-state index in [0.717, 1.165) is 5.56 Å². The molecule has 0 aliphatic rings. The second-order valence-electron chi connectivity index (χ2n) is 2.58. The van der Waals surface area contributed by atoms with E-state index in [1.807, 2.05) is 6.92 Å². The fourth-order valence-corrected chi connectivity index (χ4v) is 1.03. The summed E-state index contributed by atoms with van der Waals surface area (Å²) in [7, 11) is 1.48. The van der Waals surface area contributed by atoms with E-state index in [0.29, 0.717) is 11.4 Å². The fraction of sp³-hybridized carbons (Fsp3) is 0.222.